The van der Waals surface area contributed by atoms with Crippen LogP contribution in [0.2, 0.25) is 5.02 Å². The van der Waals surface area contributed by atoms with Crippen LogP contribution in [0.25, 0.3) is 0 Å². The molecule has 0 atom stereocenters. The molecule has 2 aromatic rings. The molecule has 0 aliphatic heterocycles. The van der Waals surface area contributed by atoms with Gasteiger partial charge in [-0.15, -0.1) is 0 Å². The molecule has 1 heterocycles. The van der Waals surface area contributed by atoms with Crippen LogP contribution in [0.5, 0.6) is 5.75 Å². The number of hydrogen-bond acceptors (Lipinski definition) is 3. The fraction of sp³-hybridized carbons (Fsp3) is 0.200. The molecule has 1 amide bonds. The number of methoxy groups -OCH3 is 1. The van der Waals surface area contributed by atoms with E-state index in [1.807, 2.05) is 13.0 Å². The Bertz CT molecular complexity index is 615. The maximum Gasteiger partial charge on any atom is 0.228 e. The molecule has 0 aliphatic carbocycles. The Kier molecular flexibility index (Phi) is 4.58. The predicted octanol–water partition coefficient (Wildman–Crippen LogP) is 3.23. The van der Waals surface area contributed by atoms with Crippen LogP contribution in [0.15, 0.2) is 36.7 Å². The number of amides is 1. The number of carbonyl (C=O) groups is 1. The largest absolute Gasteiger partial charge is 0.495 e. The van der Waals surface area contributed by atoms with Crippen LogP contribution in [-0.2, 0) is 11.2 Å². The van der Waals surface area contributed by atoms with Gasteiger partial charge in [-0.1, -0.05) is 17.7 Å². The molecule has 0 saturated heterocycles. The summed E-state index contributed by atoms with van der Waals surface area (Å²) in [6, 6.07) is 7.14. The van der Waals surface area contributed by atoms with Crippen LogP contribution in [0.1, 0.15) is 11.1 Å². The minimum absolute atomic E-state index is 0.127. The lowest BCUT2D eigenvalue weighted by molar-refractivity contribution is -0.115. The lowest BCUT2D eigenvalue weighted by Crippen LogP contribution is -2.15. The number of rotatable bonds is 4. The zero-order chi connectivity index (χ0) is 14.5. The second-order valence-corrected chi connectivity index (χ2v) is 4.80. The van der Waals surface area contributed by atoms with Crippen LogP contribution in [-0.4, -0.2) is 18.0 Å². The predicted molar refractivity (Wildman–Crippen MR) is 79.3 cm³/mol. The van der Waals surface area contributed by atoms with E-state index in [2.05, 4.69) is 10.3 Å². The normalized spacial score (nSPS) is 10.2. The molecule has 20 heavy (non-hydrogen) atoms. The van der Waals surface area contributed by atoms with E-state index in [-0.39, 0.29) is 12.3 Å². The van der Waals surface area contributed by atoms with Gasteiger partial charge in [-0.3, -0.25) is 9.78 Å². The summed E-state index contributed by atoms with van der Waals surface area (Å²) in [6.07, 6.45) is 3.61. The molecule has 0 aliphatic rings. The summed E-state index contributed by atoms with van der Waals surface area (Å²) in [4.78, 5) is 16.0. The molecule has 1 aromatic carbocycles. The lowest BCUT2D eigenvalue weighted by atomic mass is 10.1. The van der Waals surface area contributed by atoms with Gasteiger partial charge in [-0.05, 0) is 30.2 Å². The standard InChI is InChI=1S/C15H15ClN2O2/c1-10-6-13(14(20-2)8-12(10)16)18-15(19)7-11-4-3-5-17-9-11/h3-6,8-9H,7H2,1-2H3,(H,18,19). The summed E-state index contributed by atoms with van der Waals surface area (Å²) >= 11 is 6.03. The Morgan fingerprint density at radius 2 is 2.25 bits per heavy atom. The van der Waals surface area contributed by atoms with Crippen molar-refractivity contribution in [1.29, 1.82) is 0 Å². The highest BCUT2D eigenvalue weighted by molar-refractivity contribution is 6.31. The van der Waals surface area contributed by atoms with Gasteiger partial charge in [0.15, 0.2) is 0 Å². The number of nitrogens with zero attached hydrogens (tertiary/aromatic N) is 1. The molecule has 0 saturated carbocycles. The third kappa shape index (κ3) is 3.48. The summed E-state index contributed by atoms with van der Waals surface area (Å²) in [6.45, 7) is 1.87. The summed E-state index contributed by atoms with van der Waals surface area (Å²) in [7, 11) is 1.54. The highest BCUT2D eigenvalue weighted by Gasteiger charge is 2.10. The number of hydrogen-bond donors (Lipinski definition) is 1. The van der Waals surface area contributed by atoms with Gasteiger partial charge in [-0.2, -0.15) is 0 Å². The van der Waals surface area contributed by atoms with Gasteiger partial charge in [-0.25, -0.2) is 0 Å². The first-order chi connectivity index (χ1) is 9.60. The highest BCUT2D eigenvalue weighted by Crippen LogP contribution is 2.30. The highest BCUT2D eigenvalue weighted by atomic mass is 35.5. The van der Waals surface area contributed by atoms with Gasteiger partial charge in [0.05, 0.1) is 19.2 Å². The first-order valence-electron chi connectivity index (χ1n) is 6.13. The maximum absolute atomic E-state index is 12.0. The summed E-state index contributed by atoms with van der Waals surface area (Å²) < 4.78 is 5.22. The Morgan fingerprint density at radius 3 is 2.90 bits per heavy atom. The van der Waals surface area contributed by atoms with E-state index in [4.69, 9.17) is 16.3 Å². The number of anilines is 1. The van der Waals surface area contributed by atoms with E-state index in [1.165, 1.54) is 7.11 Å². The fourth-order valence-corrected chi connectivity index (χ4v) is 1.97. The molecule has 0 spiro atoms. The van der Waals surface area contributed by atoms with Crippen molar-refractivity contribution in [2.24, 2.45) is 0 Å². The Hall–Kier alpha value is -2.07. The SMILES string of the molecule is COc1cc(Cl)c(C)cc1NC(=O)Cc1cccnc1. The van der Waals surface area contributed by atoms with E-state index in [0.29, 0.717) is 16.5 Å². The second kappa shape index (κ2) is 6.39. The molecule has 0 unspecified atom stereocenters. The number of pyridine rings is 1. The molecule has 4 nitrogen and oxygen atoms in total. The van der Waals surface area contributed by atoms with Crippen molar-refractivity contribution < 1.29 is 9.53 Å². The van der Waals surface area contributed by atoms with Gasteiger partial charge in [0.1, 0.15) is 5.75 Å². The minimum atomic E-state index is -0.127. The van der Waals surface area contributed by atoms with Crippen LogP contribution in [0, 0.1) is 6.92 Å². The van der Waals surface area contributed by atoms with Crippen molar-refractivity contribution in [2.75, 3.05) is 12.4 Å². The van der Waals surface area contributed by atoms with E-state index in [0.717, 1.165) is 11.1 Å². The van der Waals surface area contributed by atoms with Gasteiger partial charge in [0.2, 0.25) is 5.91 Å². The molecule has 0 radical (unpaired) electrons. The van der Waals surface area contributed by atoms with Crippen molar-refractivity contribution >= 4 is 23.2 Å². The smallest absolute Gasteiger partial charge is 0.228 e. The van der Waals surface area contributed by atoms with Crippen LogP contribution >= 0.6 is 11.6 Å². The van der Waals surface area contributed by atoms with Gasteiger partial charge in [0.25, 0.3) is 0 Å². The molecule has 104 valence electrons. The minimum Gasteiger partial charge on any atom is -0.495 e. The van der Waals surface area contributed by atoms with Gasteiger partial charge < -0.3 is 10.1 Å². The van der Waals surface area contributed by atoms with Crippen molar-refractivity contribution in [3.8, 4) is 5.75 Å². The van der Waals surface area contributed by atoms with Crippen molar-refractivity contribution in [2.45, 2.75) is 13.3 Å². The van der Waals surface area contributed by atoms with Gasteiger partial charge in [0, 0.05) is 23.5 Å². The van der Waals surface area contributed by atoms with Crippen LogP contribution in [0.4, 0.5) is 5.69 Å². The summed E-state index contributed by atoms with van der Waals surface area (Å²) in [5, 5.41) is 3.43. The number of ether oxygens (including phenoxy) is 1. The second-order valence-electron chi connectivity index (χ2n) is 4.39. The molecular weight excluding hydrogens is 276 g/mol. The number of aryl methyl sites for hydroxylation is 1. The molecule has 2 rings (SSSR count). The van der Waals surface area contributed by atoms with Crippen LogP contribution in [0.3, 0.4) is 0 Å². The lowest BCUT2D eigenvalue weighted by Gasteiger charge is -2.12. The first-order valence-corrected chi connectivity index (χ1v) is 6.51. The quantitative estimate of drug-likeness (QED) is 0.940. The van der Waals surface area contributed by atoms with Gasteiger partial charge >= 0.3 is 0 Å². The first kappa shape index (κ1) is 14.3. The van der Waals surface area contributed by atoms with Crippen molar-refractivity contribution in [3.63, 3.8) is 0 Å². The van der Waals surface area contributed by atoms with E-state index in [1.54, 1.807) is 30.6 Å². The number of halogens is 1. The molecule has 1 N–H and O–H groups in total. The zero-order valence-corrected chi connectivity index (χ0v) is 12.1. The number of aromatic nitrogens is 1. The molecule has 1 aromatic heterocycles. The molecule has 0 fully saturated rings. The van der Waals surface area contributed by atoms with Crippen molar-refractivity contribution in [1.82, 2.24) is 4.98 Å². The third-order valence-corrected chi connectivity index (χ3v) is 3.25. The third-order valence-electron chi connectivity index (χ3n) is 2.84. The Balaban J connectivity index is 2.13. The molecule has 0 bridgehead atoms. The molecule has 5 heteroatoms. The summed E-state index contributed by atoms with van der Waals surface area (Å²) in [5.41, 5.74) is 2.35. The fourth-order valence-electron chi connectivity index (χ4n) is 1.81. The van der Waals surface area contributed by atoms with Crippen molar-refractivity contribution in [3.05, 3.63) is 52.8 Å². The molecular formula is C15H15ClN2O2. The van der Waals surface area contributed by atoms with E-state index >= 15 is 0 Å². The zero-order valence-electron chi connectivity index (χ0n) is 11.3. The number of nitrogens with one attached hydrogen (secondary N) is 1. The van der Waals surface area contributed by atoms with E-state index < -0.39 is 0 Å². The topological polar surface area (TPSA) is 51.2 Å². The average Bonchev–Trinajstić information content (AvgIpc) is 2.43. The Labute approximate surface area is 122 Å². The summed E-state index contributed by atoms with van der Waals surface area (Å²) in [5.74, 6) is 0.415. The Morgan fingerprint density at radius 1 is 1.45 bits per heavy atom. The average molecular weight is 291 g/mol. The maximum atomic E-state index is 12.0. The number of benzene rings is 1. The monoisotopic (exact) mass is 290 g/mol. The van der Waals surface area contributed by atoms with E-state index in [9.17, 15) is 4.79 Å². The van der Waals surface area contributed by atoms with Crippen LogP contribution < -0.4 is 10.1 Å². The number of carbonyl (C=O) groups excluding carboxylic acids is 1.